The molecule has 3 aromatic carbocycles. The molecular weight excluding hydrogens is 310 g/mol. The molecule has 3 nitrogen and oxygen atoms in total. The van der Waals surface area contributed by atoms with Crippen LogP contribution in [0.5, 0.6) is 5.75 Å². The fourth-order valence-corrected chi connectivity index (χ4v) is 2.52. The van der Waals surface area contributed by atoms with Crippen molar-refractivity contribution in [2.24, 2.45) is 0 Å². The van der Waals surface area contributed by atoms with Crippen molar-refractivity contribution in [3.05, 3.63) is 71.8 Å². The Morgan fingerprint density at radius 3 is 2.52 bits per heavy atom. The molecule has 0 aliphatic carbocycles. The topological polar surface area (TPSA) is 38.3 Å². The van der Waals surface area contributed by atoms with Crippen LogP contribution in [-0.4, -0.2) is 12.0 Å². The van der Waals surface area contributed by atoms with E-state index in [0.29, 0.717) is 16.5 Å². The molecule has 116 valence electrons. The summed E-state index contributed by atoms with van der Waals surface area (Å²) in [6, 6.07) is 20.8. The molecule has 3 aromatic rings. The van der Waals surface area contributed by atoms with Gasteiger partial charge in [-0.1, -0.05) is 60.1 Å². The van der Waals surface area contributed by atoms with E-state index in [4.69, 9.17) is 16.3 Å². The van der Waals surface area contributed by atoms with Gasteiger partial charge in [0, 0.05) is 5.39 Å². The third-order valence-electron chi connectivity index (χ3n) is 3.55. The van der Waals surface area contributed by atoms with Crippen LogP contribution >= 0.6 is 11.6 Å². The summed E-state index contributed by atoms with van der Waals surface area (Å²) in [6.07, 6.45) is -0.642. The molecule has 23 heavy (non-hydrogen) atoms. The zero-order valence-electron chi connectivity index (χ0n) is 12.6. The van der Waals surface area contributed by atoms with E-state index < -0.39 is 6.10 Å². The van der Waals surface area contributed by atoms with Crippen molar-refractivity contribution >= 4 is 34.0 Å². The van der Waals surface area contributed by atoms with Crippen LogP contribution in [0.1, 0.15) is 6.92 Å². The molecule has 0 saturated carbocycles. The fraction of sp³-hybridized carbons (Fsp3) is 0.105. The Bertz CT molecular complexity index is 842. The van der Waals surface area contributed by atoms with Gasteiger partial charge in [0.2, 0.25) is 0 Å². The quantitative estimate of drug-likeness (QED) is 0.741. The first-order valence-electron chi connectivity index (χ1n) is 7.35. The number of carbonyl (C=O) groups excluding carboxylic acids is 1. The van der Waals surface area contributed by atoms with E-state index in [-0.39, 0.29) is 5.91 Å². The van der Waals surface area contributed by atoms with Gasteiger partial charge in [-0.2, -0.15) is 0 Å². The summed E-state index contributed by atoms with van der Waals surface area (Å²) in [5.74, 6) is 0.441. The second-order valence-corrected chi connectivity index (χ2v) is 5.61. The number of hydrogen-bond donors (Lipinski definition) is 1. The highest BCUT2D eigenvalue weighted by molar-refractivity contribution is 6.33. The maximum Gasteiger partial charge on any atom is 0.265 e. The smallest absolute Gasteiger partial charge is 0.265 e. The lowest BCUT2D eigenvalue weighted by Crippen LogP contribution is -2.30. The minimum Gasteiger partial charge on any atom is -0.480 e. The van der Waals surface area contributed by atoms with Gasteiger partial charge in [-0.15, -0.1) is 0 Å². The first-order chi connectivity index (χ1) is 11.1. The highest BCUT2D eigenvalue weighted by atomic mass is 35.5. The van der Waals surface area contributed by atoms with E-state index in [9.17, 15) is 4.79 Å². The van der Waals surface area contributed by atoms with E-state index in [1.807, 2.05) is 54.6 Å². The van der Waals surface area contributed by atoms with Crippen LogP contribution in [0.25, 0.3) is 10.8 Å². The Morgan fingerprint density at radius 2 is 1.70 bits per heavy atom. The molecule has 0 spiro atoms. The standard InChI is InChI=1S/C19H16ClNO2/c1-13(19(22)21-17-11-5-4-10-16(17)20)23-18-12-6-8-14-7-2-3-9-15(14)18/h2-13H,1H3,(H,21,22)/t13-/m0/s1. The molecule has 1 amide bonds. The number of amides is 1. The van der Waals surface area contributed by atoms with Gasteiger partial charge in [-0.25, -0.2) is 0 Å². The van der Waals surface area contributed by atoms with E-state index in [1.165, 1.54) is 0 Å². The summed E-state index contributed by atoms with van der Waals surface area (Å²) >= 11 is 6.06. The number of halogens is 1. The van der Waals surface area contributed by atoms with Gasteiger partial charge >= 0.3 is 0 Å². The first-order valence-corrected chi connectivity index (χ1v) is 7.73. The van der Waals surface area contributed by atoms with E-state index in [0.717, 1.165) is 10.8 Å². The van der Waals surface area contributed by atoms with Crippen molar-refractivity contribution in [2.75, 3.05) is 5.32 Å². The molecule has 0 bridgehead atoms. The number of para-hydroxylation sites is 1. The molecule has 3 rings (SSSR count). The molecule has 0 aromatic heterocycles. The second-order valence-electron chi connectivity index (χ2n) is 5.21. The van der Waals surface area contributed by atoms with E-state index in [1.54, 1.807) is 19.1 Å². The second kappa shape index (κ2) is 6.71. The average Bonchev–Trinajstić information content (AvgIpc) is 2.57. The van der Waals surface area contributed by atoms with Crippen LogP contribution in [0.2, 0.25) is 5.02 Å². The molecule has 0 aliphatic heterocycles. The molecule has 0 aliphatic rings. The minimum absolute atomic E-state index is 0.244. The van der Waals surface area contributed by atoms with Crippen molar-refractivity contribution in [1.82, 2.24) is 0 Å². The number of nitrogens with one attached hydrogen (secondary N) is 1. The highest BCUT2D eigenvalue weighted by Gasteiger charge is 2.16. The van der Waals surface area contributed by atoms with Crippen LogP contribution in [0.4, 0.5) is 5.69 Å². The lowest BCUT2D eigenvalue weighted by atomic mass is 10.1. The van der Waals surface area contributed by atoms with Crippen LogP contribution in [0.3, 0.4) is 0 Å². The number of anilines is 1. The van der Waals surface area contributed by atoms with Crippen molar-refractivity contribution in [3.8, 4) is 5.75 Å². The Labute approximate surface area is 139 Å². The summed E-state index contributed by atoms with van der Waals surface area (Å²) in [5.41, 5.74) is 0.576. The number of carbonyl (C=O) groups is 1. The third-order valence-corrected chi connectivity index (χ3v) is 3.88. The fourth-order valence-electron chi connectivity index (χ4n) is 2.34. The van der Waals surface area contributed by atoms with E-state index >= 15 is 0 Å². The van der Waals surface area contributed by atoms with Crippen LogP contribution in [-0.2, 0) is 4.79 Å². The number of rotatable bonds is 4. The third kappa shape index (κ3) is 3.46. The lowest BCUT2D eigenvalue weighted by molar-refractivity contribution is -0.122. The Morgan fingerprint density at radius 1 is 1.00 bits per heavy atom. The zero-order valence-corrected chi connectivity index (χ0v) is 13.4. The predicted molar refractivity (Wildman–Crippen MR) is 94.1 cm³/mol. The highest BCUT2D eigenvalue weighted by Crippen LogP contribution is 2.26. The maximum atomic E-state index is 12.3. The lowest BCUT2D eigenvalue weighted by Gasteiger charge is -2.16. The normalized spacial score (nSPS) is 11.9. The molecule has 4 heteroatoms. The van der Waals surface area contributed by atoms with Gasteiger partial charge < -0.3 is 10.1 Å². The van der Waals surface area contributed by atoms with Gasteiger partial charge in [-0.05, 0) is 30.5 Å². The number of ether oxygens (including phenoxy) is 1. The first kappa shape index (κ1) is 15.4. The zero-order chi connectivity index (χ0) is 16.2. The minimum atomic E-state index is -0.642. The Kier molecular flexibility index (Phi) is 4.49. The van der Waals surface area contributed by atoms with Crippen molar-refractivity contribution in [1.29, 1.82) is 0 Å². The van der Waals surface area contributed by atoms with E-state index in [2.05, 4.69) is 5.32 Å². The number of hydrogen-bond acceptors (Lipinski definition) is 2. The van der Waals surface area contributed by atoms with Gasteiger partial charge in [0.25, 0.3) is 5.91 Å². The van der Waals surface area contributed by atoms with Crippen molar-refractivity contribution in [2.45, 2.75) is 13.0 Å². The molecule has 0 saturated heterocycles. The molecular formula is C19H16ClNO2. The Hall–Kier alpha value is -2.52. The van der Waals surface area contributed by atoms with Gasteiger partial charge in [0.1, 0.15) is 5.75 Å². The monoisotopic (exact) mass is 325 g/mol. The summed E-state index contributed by atoms with van der Waals surface area (Å²) < 4.78 is 5.85. The molecule has 0 fully saturated rings. The Balaban J connectivity index is 1.77. The van der Waals surface area contributed by atoms with Crippen LogP contribution in [0.15, 0.2) is 66.7 Å². The van der Waals surface area contributed by atoms with Gasteiger partial charge in [0.15, 0.2) is 6.10 Å². The summed E-state index contributed by atoms with van der Waals surface area (Å²) in [6.45, 7) is 1.72. The SMILES string of the molecule is C[C@H](Oc1cccc2ccccc12)C(=O)Nc1ccccc1Cl. The summed E-state index contributed by atoms with van der Waals surface area (Å²) in [7, 11) is 0. The van der Waals surface area contributed by atoms with Crippen molar-refractivity contribution < 1.29 is 9.53 Å². The summed E-state index contributed by atoms with van der Waals surface area (Å²) in [5, 5.41) is 5.33. The molecule has 1 atom stereocenters. The molecule has 0 unspecified atom stereocenters. The molecule has 0 radical (unpaired) electrons. The summed E-state index contributed by atoms with van der Waals surface area (Å²) in [4.78, 5) is 12.3. The number of benzene rings is 3. The van der Waals surface area contributed by atoms with Gasteiger partial charge in [-0.3, -0.25) is 4.79 Å². The van der Waals surface area contributed by atoms with Crippen LogP contribution in [0, 0.1) is 0 Å². The molecule has 1 N–H and O–H groups in total. The largest absolute Gasteiger partial charge is 0.480 e. The van der Waals surface area contributed by atoms with Crippen LogP contribution < -0.4 is 10.1 Å². The van der Waals surface area contributed by atoms with Gasteiger partial charge in [0.05, 0.1) is 10.7 Å². The van der Waals surface area contributed by atoms with Crippen molar-refractivity contribution in [3.63, 3.8) is 0 Å². The maximum absolute atomic E-state index is 12.3. The predicted octanol–water partition coefficient (Wildman–Crippen LogP) is 4.90. The average molecular weight is 326 g/mol. The molecule has 0 heterocycles. The number of fused-ring (bicyclic) bond motifs is 1.